The van der Waals surface area contributed by atoms with Crippen LogP contribution in [0.15, 0.2) is 28.0 Å². The average Bonchev–Trinajstić information content (AvgIpc) is 3.49. The van der Waals surface area contributed by atoms with E-state index in [9.17, 15) is 13.2 Å². The van der Waals surface area contributed by atoms with E-state index < -0.39 is 10.0 Å². The number of sulfonamides is 1. The first kappa shape index (κ1) is 33.1. The van der Waals surface area contributed by atoms with Crippen LogP contribution in [0.1, 0.15) is 96.0 Å². The van der Waals surface area contributed by atoms with Gasteiger partial charge in [0.15, 0.2) is 0 Å². The van der Waals surface area contributed by atoms with Crippen molar-refractivity contribution in [2.45, 2.75) is 102 Å². The first-order valence-electron chi connectivity index (χ1n) is 16.2. The lowest BCUT2D eigenvalue weighted by Gasteiger charge is -2.32. The van der Waals surface area contributed by atoms with Crippen molar-refractivity contribution in [2.24, 2.45) is 0 Å². The second kappa shape index (κ2) is 16.4. The highest BCUT2D eigenvalue weighted by atomic mass is 32.2. The van der Waals surface area contributed by atoms with Crippen LogP contribution in [0, 0.1) is 0 Å². The SMILES string of the molecule is CCCCCCCCCCCCCCCc1c(S(=O)(=O)N2CCN(C)CC2)ccc(OC)c1-c1nc2cn[nH]c2c(=O)[nH]1. The number of nitrogens with one attached hydrogen (secondary N) is 2. The topological polar surface area (TPSA) is 124 Å². The van der Waals surface area contributed by atoms with Crippen molar-refractivity contribution < 1.29 is 13.2 Å². The number of likely N-dealkylation sites (N-methyl/N-ethyl adjacent to an activating group) is 1. The summed E-state index contributed by atoms with van der Waals surface area (Å²) >= 11 is 0. The zero-order valence-corrected chi connectivity index (χ0v) is 27.1. The van der Waals surface area contributed by atoms with Gasteiger partial charge in [-0.2, -0.15) is 9.40 Å². The van der Waals surface area contributed by atoms with E-state index in [0.29, 0.717) is 55.0 Å². The van der Waals surface area contributed by atoms with Crippen LogP contribution in [0.4, 0.5) is 0 Å². The maximum absolute atomic E-state index is 14.0. The molecule has 10 nitrogen and oxygen atoms in total. The molecule has 0 bridgehead atoms. The van der Waals surface area contributed by atoms with Crippen molar-refractivity contribution in [2.75, 3.05) is 40.3 Å². The van der Waals surface area contributed by atoms with E-state index in [1.54, 1.807) is 23.5 Å². The number of methoxy groups -OCH3 is 1. The molecule has 1 aromatic carbocycles. The molecule has 1 saturated heterocycles. The molecule has 0 amide bonds. The van der Waals surface area contributed by atoms with Crippen LogP contribution in [0.25, 0.3) is 22.4 Å². The fourth-order valence-corrected chi connectivity index (χ4v) is 7.66. The molecule has 3 aromatic rings. The Hall–Kier alpha value is -2.76. The van der Waals surface area contributed by atoms with Gasteiger partial charge in [-0.1, -0.05) is 84.0 Å². The summed E-state index contributed by atoms with van der Waals surface area (Å²) in [5.74, 6) is 0.767. The predicted molar refractivity (Wildman–Crippen MR) is 172 cm³/mol. The van der Waals surface area contributed by atoms with Crippen LogP contribution in [0.3, 0.4) is 0 Å². The molecule has 0 atom stereocenters. The minimum absolute atomic E-state index is 0.265. The number of hydrogen-bond donors (Lipinski definition) is 2. The van der Waals surface area contributed by atoms with Gasteiger partial charge < -0.3 is 14.6 Å². The van der Waals surface area contributed by atoms with E-state index in [4.69, 9.17) is 4.74 Å². The highest BCUT2D eigenvalue weighted by Gasteiger charge is 2.32. The quantitative estimate of drug-likeness (QED) is 0.171. The van der Waals surface area contributed by atoms with Gasteiger partial charge in [-0.25, -0.2) is 13.4 Å². The standard InChI is InChI=1S/C32H50N6O4S/c1-4-5-6-7-8-9-10-11-12-13-14-15-16-17-25-28(43(40,41)38-22-20-37(2)21-23-38)19-18-27(42-3)29(25)31-34-26-24-33-36-30(26)32(39)35-31/h18-19,24H,4-17,20-23H2,1-3H3,(H,33,36)(H,34,35,39). The van der Waals surface area contributed by atoms with Gasteiger partial charge in [-0.3, -0.25) is 9.89 Å². The summed E-state index contributed by atoms with van der Waals surface area (Å²) in [6, 6.07) is 3.33. The fraction of sp³-hybridized carbons (Fsp3) is 0.656. The molecule has 4 rings (SSSR count). The summed E-state index contributed by atoms with van der Waals surface area (Å²) < 4.78 is 35.3. The third-order valence-electron chi connectivity index (χ3n) is 8.61. The molecule has 3 heterocycles. The van der Waals surface area contributed by atoms with Crippen molar-refractivity contribution in [3.8, 4) is 17.1 Å². The Kier molecular flexibility index (Phi) is 12.6. The largest absolute Gasteiger partial charge is 0.496 e. The van der Waals surface area contributed by atoms with Gasteiger partial charge in [0, 0.05) is 26.2 Å². The second-order valence-electron chi connectivity index (χ2n) is 11.9. The molecule has 11 heteroatoms. The fourth-order valence-electron chi connectivity index (χ4n) is 5.98. The van der Waals surface area contributed by atoms with E-state index in [-0.39, 0.29) is 21.8 Å². The number of rotatable bonds is 18. The lowest BCUT2D eigenvalue weighted by Crippen LogP contribution is -2.47. The van der Waals surface area contributed by atoms with Gasteiger partial charge in [0.1, 0.15) is 22.6 Å². The predicted octanol–water partition coefficient (Wildman–Crippen LogP) is 5.89. The van der Waals surface area contributed by atoms with Crippen LogP contribution >= 0.6 is 0 Å². The Balaban J connectivity index is 1.49. The van der Waals surface area contributed by atoms with Crippen molar-refractivity contribution in [3.05, 3.63) is 34.2 Å². The smallest absolute Gasteiger partial charge is 0.277 e. The number of nitrogens with zero attached hydrogens (tertiary/aromatic N) is 4. The van der Waals surface area contributed by atoms with E-state index >= 15 is 0 Å². The van der Waals surface area contributed by atoms with Crippen LogP contribution in [0.2, 0.25) is 0 Å². The number of unbranched alkanes of at least 4 members (excludes halogenated alkanes) is 12. The zero-order chi connectivity index (χ0) is 30.7. The number of aromatic nitrogens is 4. The number of fused-ring (bicyclic) bond motifs is 1. The van der Waals surface area contributed by atoms with Gasteiger partial charge in [0.25, 0.3) is 5.56 Å². The number of H-pyrrole nitrogens is 2. The Labute approximate surface area is 256 Å². The van der Waals surface area contributed by atoms with E-state index in [1.165, 1.54) is 70.4 Å². The molecular weight excluding hydrogens is 564 g/mol. The number of ether oxygens (including phenoxy) is 1. The van der Waals surface area contributed by atoms with E-state index in [0.717, 1.165) is 19.3 Å². The molecule has 1 fully saturated rings. The van der Waals surface area contributed by atoms with Crippen molar-refractivity contribution in [1.29, 1.82) is 0 Å². The Morgan fingerprint density at radius 3 is 2.09 bits per heavy atom. The molecule has 1 aliphatic heterocycles. The molecule has 0 unspecified atom stereocenters. The first-order valence-corrected chi connectivity index (χ1v) is 17.6. The highest BCUT2D eigenvalue weighted by Crippen LogP contribution is 2.38. The molecule has 0 spiro atoms. The van der Waals surface area contributed by atoms with Gasteiger partial charge >= 0.3 is 0 Å². The molecule has 2 aromatic heterocycles. The Bertz CT molecular complexity index is 1460. The summed E-state index contributed by atoms with van der Waals surface area (Å²) in [6.45, 7) is 4.50. The van der Waals surface area contributed by atoms with E-state index in [2.05, 4.69) is 32.0 Å². The molecule has 2 N–H and O–H groups in total. The lowest BCUT2D eigenvalue weighted by molar-refractivity contribution is 0.222. The number of aromatic amines is 2. The molecule has 0 aliphatic carbocycles. The maximum atomic E-state index is 14.0. The molecule has 1 aliphatic rings. The third-order valence-corrected chi connectivity index (χ3v) is 10.6. The van der Waals surface area contributed by atoms with Crippen molar-refractivity contribution >= 4 is 21.1 Å². The number of benzene rings is 1. The zero-order valence-electron chi connectivity index (χ0n) is 26.3. The molecular formula is C32H50N6O4S. The van der Waals surface area contributed by atoms with E-state index in [1.807, 2.05) is 7.05 Å². The van der Waals surface area contributed by atoms with Crippen molar-refractivity contribution in [1.82, 2.24) is 29.4 Å². The monoisotopic (exact) mass is 614 g/mol. The summed E-state index contributed by atoms with van der Waals surface area (Å²) in [4.78, 5) is 22.7. The molecule has 0 saturated carbocycles. The number of hydrogen-bond acceptors (Lipinski definition) is 7. The summed E-state index contributed by atoms with van der Waals surface area (Å²) in [7, 11) is -0.212. The Morgan fingerprint density at radius 2 is 1.49 bits per heavy atom. The minimum Gasteiger partial charge on any atom is -0.496 e. The van der Waals surface area contributed by atoms with Gasteiger partial charge in [0.05, 0.1) is 23.8 Å². The maximum Gasteiger partial charge on any atom is 0.277 e. The highest BCUT2D eigenvalue weighted by molar-refractivity contribution is 7.89. The molecule has 238 valence electrons. The molecule has 0 radical (unpaired) electrons. The van der Waals surface area contributed by atoms with Gasteiger partial charge in [-0.15, -0.1) is 0 Å². The Morgan fingerprint density at radius 1 is 0.884 bits per heavy atom. The average molecular weight is 615 g/mol. The summed E-state index contributed by atoms with van der Waals surface area (Å²) in [5.41, 5.74) is 1.50. The van der Waals surface area contributed by atoms with Gasteiger partial charge in [-0.05, 0) is 37.6 Å². The lowest BCUT2D eigenvalue weighted by atomic mass is 9.98. The number of piperazine rings is 1. The van der Waals surface area contributed by atoms with Crippen LogP contribution in [0.5, 0.6) is 5.75 Å². The first-order chi connectivity index (χ1) is 20.9. The minimum atomic E-state index is -3.77. The summed E-state index contributed by atoms with van der Waals surface area (Å²) in [5, 5.41) is 6.63. The normalized spacial score (nSPS) is 15.0. The molecule has 43 heavy (non-hydrogen) atoms. The third kappa shape index (κ3) is 8.67. The van der Waals surface area contributed by atoms with Crippen LogP contribution < -0.4 is 10.3 Å². The van der Waals surface area contributed by atoms with Crippen LogP contribution in [-0.2, 0) is 16.4 Å². The summed E-state index contributed by atoms with van der Waals surface area (Å²) in [6.07, 6.45) is 18.1. The second-order valence-corrected chi connectivity index (χ2v) is 13.8. The van der Waals surface area contributed by atoms with Gasteiger partial charge in [0.2, 0.25) is 10.0 Å². The van der Waals surface area contributed by atoms with Crippen molar-refractivity contribution in [3.63, 3.8) is 0 Å². The van der Waals surface area contributed by atoms with Crippen LogP contribution in [-0.4, -0.2) is 78.1 Å².